The Bertz CT molecular complexity index is 1160. The van der Waals surface area contributed by atoms with Gasteiger partial charge in [-0.15, -0.1) is 0 Å². The molecule has 49 heavy (non-hydrogen) atoms. The predicted octanol–water partition coefficient (Wildman–Crippen LogP) is 0.359. The summed E-state index contributed by atoms with van der Waals surface area (Å²) < 4.78 is 0. The number of ketones is 5. The zero-order valence-electron chi connectivity index (χ0n) is 30.3. The second-order valence-corrected chi connectivity index (χ2v) is 13.0. The molecule has 0 aliphatic carbocycles. The SMILES string of the molecule is CNCCCCC(CC(C)=O)NC(=O)CC(CC(C)=O)NC(=O)CC(CC(C)=O)NC(=O)CC(CC(C)=O)NC(=O)CC(CC(C)=O)NC. The smallest absolute Gasteiger partial charge is 0.222 e. The predicted molar refractivity (Wildman–Crippen MR) is 183 cm³/mol. The number of unbranched alkanes of at least 4 members (excludes halogenated alkanes) is 1. The van der Waals surface area contributed by atoms with Gasteiger partial charge < -0.3 is 31.9 Å². The Morgan fingerprint density at radius 3 is 0.980 bits per heavy atom. The molecule has 4 amide bonds. The summed E-state index contributed by atoms with van der Waals surface area (Å²) in [6.45, 7) is 7.60. The van der Waals surface area contributed by atoms with Crippen LogP contribution in [0.15, 0.2) is 0 Å². The minimum atomic E-state index is -0.938. The minimum Gasteiger partial charge on any atom is -0.353 e. The van der Waals surface area contributed by atoms with Crippen LogP contribution in [-0.2, 0) is 43.2 Å². The van der Waals surface area contributed by atoms with E-state index in [1.807, 2.05) is 7.05 Å². The van der Waals surface area contributed by atoms with Crippen LogP contribution in [0.1, 0.15) is 112 Å². The van der Waals surface area contributed by atoms with E-state index in [0.717, 1.165) is 19.4 Å². The zero-order valence-corrected chi connectivity index (χ0v) is 30.3. The lowest BCUT2D eigenvalue weighted by atomic mass is 10.0. The standard InChI is InChI=1S/C34H58N6O9/c1-21(41)12-26(10-8-9-11-35-6)37-32(47)18-28(14-23(3)43)39-34(49)20-30(16-25(5)45)40-33(48)19-29(15-24(4)44)38-31(46)17-27(36-7)13-22(2)42/h26-30,35-36H,8-20H2,1-7H3,(H,37,47)(H,38,46)(H,39,49)(H,40,48). The molecule has 0 bridgehead atoms. The molecule has 5 atom stereocenters. The van der Waals surface area contributed by atoms with E-state index < -0.39 is 47.8 Å². The maximum Gasteiger partial charge on any atom is 0.222 e. The number of hydrogen-bond acceptors (Lipinski definition) is 11. The molecule has 0 aromatic carbocycles. The van der Waals surface area contributed by atoms with Crippen molar-refractivity contribution >= 4 is 52.5 Å². The molecular weight excluding hydrogens is 636 g/mol. The molecule has 15 nitrogen and oxygen atoms in total. The molecule has 0 aliphatic heterocycles. The molecule has 5 unspecified atom stereocenters. The maximum absolute atomic E-state index is 13.1. The van der Waals surface area contributed by atoms with Crippen LogP contribution in [0.3, 0.4) is 0 Å². The molecule has 0 saturated carbocycles. The molecule has 0 spiro atoms. The second kappa shape index (κ2) is 25.2. The largest absolute Gasteiger partial charge is 0.353 e. The first kappa shape index (κ1) is 45.2. The highest BCUT2D eigenvalue weighted by atomic mass is 16.2. The third-order valence-corrected chi connectivity index (χ3v) is 7.49. The number of carbonyl (C=O) groups is 9. The number of Topliss-reactive ketones (excluding diaryl/α,β-unsaturated/α-hetero) is 5. The Morgan fingerprint density at radius 2 is 0.673 bits per heavy atom. The van der Waals surface area contributed by atoms with E-state index in [1.165, 1.54) is 34.6 Å². The van der Waals surface area contributed by atoms with E-state index in [4.69, 9.17) is 0 Å². The molecule has 0 heterocycles. The summed E-state index contributed by atoms with van der Waals surface area (Å²) in [7, 11) is 3.45. The van der Waals surface area contributed by atoms with E-state index in [9.17, 15) is 43.2 Å². The first-order chi connectivity index (χ1) is 22.9. The first-order valence-electron chi connectivity index (χ1n) is 16.9. The lowest BCUT2D eigenvalue weighted by Crippen LogP contribution is -2.47. The summed E-state index contributed by atoms with van der Waals surface area (Å²) in [5.41, 5.74) is 0. The van der Waals surface area contributed by atoms with Crippen molar-refractivity contribution in [3.63, 3.8) is 0 Å². The fraction of sp³-hybridized carbons (Fsp3) is 0.735. The van der Waals surface area contributed by atoms with Gasteiger partial charge in [0.1, 0.15) is 28.9 Å². The van der Waals surface area contributed by atoms with Crippen LogP contribution in [0.4, 0.5) is 0 Å². The van der Waals surface area contributed by atoms with Crippen molar-refractivity contribution in [2.24, 2.45) is 0 Å². The van der Waals surface area contributed by atoms with Gasteiger partial charge in [-0.3, -0.25) is 43.2 Å². The van der Waals surface area contributed by atoms with E-state index in [1.54, 1.807) is 7.05 Å². The van der Waals surface area contributed by atoms with E-state index >= 15 is 0 Å². The highest BCUT2D eigenvalue weighted by molar-refractivity contribution is 5.87. The first-order valence-corrected chi connectivity index (χ1v) is 16.9. The topological polar surface area (TPSA) is 226 Å². The van der Waals surface area contributed by atoms with Crippen molar-refractivity contribution in [1.29, 1.82) is 0 Å². The Labute approximate surface area is 290 Å². The number of hydrogen-bond donors (Lipinski definition) is 6. The van der Waals surface area contributed by atoms with Gasteiger partial charge in [0.2, 0.25) is 23.6 Å². The van der Waals surface area contributed by atoms with Crippen LogP contribution in [0.5, 0.6) is 0 Å². The van der Waals surface area contributed by atoms with Gasteiger partial charge in [0.05, 0.1) is 0 Å². The number of amides is 4. The van der Waals surface area contributed by atoms with Gasteiger partial charge in [-0.2, -0.15) is 0 Å². The van der Waals surface area contributed by atoms with Crippen molar-refractivity contribution in [3.8, 4) is 0 Å². The quantitative estimate of drug-likeness (QED) is 0.0613. The Balaban J connectivity index is 5.50. The highest BCUT2D eigenvalue weighted by Gasteiger charge is 2.26. The number of rotatable bonds is 28. The lowest BCUT2D eigenvalue weighted by molar-refractivity contribution is -0.126. The third-order valence-electron chi connectivity index (χ3n) is 7.49. The molecule has 0 aromatic heterocycles. The average Bonchev–Trinajstić information content (AvgIpc) is 2.92. The van der Waals surface area contributed by atoms with Crippen LogP contribution in [0.2, 0.25) is 0 Å². The molecule has 0 fully saturated rings. The van der Waals surface area contributed by atoms with Gasteiger partial charge >= 0.3 is 0 Å². The fourth-order valence-electron chi connectivity index (χ4n) is 5.49. The molecule has 278 valence electrons. The zero-order chi connectivity index (χ0) is 37.5. The third kappa shape index (κ3) is 24.9. The van der Waals surface area contributed by atoms with Crippen LogP contribution in [0, 0.1) is 0 Å². The molecule has 0 aromatic rings. The lowest BCUT2D eigenvalue weighted by Gasteiger charge is -2.24. The summed E-state index contributed by atoms with van der Waals surface area (Å²) in [5.74, 6) is -3.11. The minimum absolute atomic E-state index is 0.0489. The van der Waals surface area contributed by atoms with E-state index in [2.05, 4.69) is 31.9 Å². The Hall–Kier alpha value is -3.85. The average molecular weight is 695 g/mol. The highest BCUT2D eigenvalue weighted by Crippen LogP contribution is 2.10. The molecular formula is C34H58N6O9. The summed E-state index contributed by atoms with van der Waals surface area (Å²) in [6.07, 6.45) is 1.19. The van der Waals surface area contributed by atoms with E-state index in [0.29, 0.717) is 6.42 Å². The van der Waals surface area contributed by atoms with Crippen LogP contribution >= 0.6 is 0 Å². The van der Waals surface area contributed by atoms with Gasteiger partial charge in [-0.05, 0) is 68.1 Å². The Kier molecular flexibility index (Phi) is 23.2. The molecule has 0 rings (SSSR count). The van der Waals surface area contributed by atoms with Gasteiger partial charge in [0, 0.05) is 88.0 Å². The van der Waals surface area contributed by atoms with Crippen molar-refractivity contribution < 1.29 is 43.2 Å². The van der Waals surface area contributed by atoms with Gasteiger partial charge in [0.15, 0.2) is 0 Å². The van der Waals surface area contributed by atoms with Crippen molar-refractivity contribution in [3.05, 3.63) is 0 Å². The van der Waals surface area contributed by atoms with Gasteiger partial charge in [-0.25, -0.2) is 0 Å². The molecule has 0 radical (unpaired) electrons. The van der Waals surface area contributed by atoms with Gasteiger partial charge in [0.25, 0.3) is 0 Å². The Morgan fingerprint density at radius 1 is 0.388 bits per heavy atom. The van der Waals surface area contributed by atoms with Gasteiger partial charge in [-0.1, -0.05) is 6.42 Å². The summed E-state index contributed by atoms with van der Waals surface area (Å²) in [4.78, 5) is 111. The van der Waals surface area contributed by atoms with Crippen LogP contribution < -0.4 is 31.9 Å². The number of nitrogens with one attached hydrogen (secondary N) is 6. The van der Waals surface area contributed by atoms with Crippen LogP contribution in [-0.4, -0.2) is 103 Å². The van der Waals surface area contributed by atoms with Crippen molar-refractivity contribution in [1.82, 2.24) is 31.9 Å². The molecule has 0 saturated heterocycles. The van der Waals surface area contributed by atoms with Crippen molar-refractivity contribution in [2.75, 3.05) is 20.6 Å². The summed E-state index contributed by atoms with van der Waals surface area (Å²) in [6, 6.07) is -3.46. The summed E-state index contributed by atoms with van der Waals surface area (Å²) >= 11 is 0. The van der Waals surface area contributed by atoms with Crippen molar-refractivity contribution in [2.45, 2.75) is 142 Å². The maximum atomic E-state index is 13.1. The molecule has 6 N–H and O–H groups in total. The monoisotopic (exact) mass is 694 g/mol. The fourth-order valence-corrected chi connectivity index (χ4v) is 5.49. The number of carbonyl (C=O) groups excluding carboxylic acids is 9. The van der Waals surface area contributed by atoms with Crippen LogP contribution in [0.25, 0.3) is 0 Å². The van der Waals surface area contributed by atoms with E-state index in [-0.39, 0.29) is 92.7 Å². The normalized spacial score (nSPS) is 13.9. The summed E-state index contributed by atoms with van der Waals surface area (Å²) in [5, 5.41) is 16.8. The second-order valence-electron chi connectivity index (χ2n) is 13.0. The molecule has 15 heteroatoms. The molecule has 0 aliphatic rings.